The third kappa shape index (κ3) is 6.66. The fourth-order valence-corrected chi connectivity index (χ4v) is 7.13. The van der Waals surface area contributed by atoms with Crippen LogP contribution in [0.5, 0.6) is 0 Å². The second-order valence-corrected chi connectivity index (χ2v) is 13.2. The number of carbonyl (C=O) groups is 2. The zero-order chi connectivity index (χ0) is 37.5. The Labute approximate surface area is 297 Å². The Morgan fingerprint density at radius 3 is 2.37 bits per heavy atom. The second-order valence-electron chi connectivity index (χ2n) is 13.2. The summed E-state index contributed by atoms with van der Waals surface area (Å²) < 4.78 is 58.8. The van der Waals surface area contributed by atoms with E-state index >= 15 is 4.39 Å². The van der Waals surface area contributed by atoms with Gasteiger partial charge in [0.15, 0.2) is 0 Å². The Kier molecular flexibility index (Phi) is 9.97. The third-order valence-corrected chi connectivity index (χ3v) is 9.58. The highest BCUT2D eigenvalue weighted by Crippen LogP contribution is 2.43. The van der Waals surface area contributed by atoms with Gasteiger partial charge < -0.3 is 25.2 Å². The number of rotatable bonds is 11. The van der Waals surface area contributed by atoms with Crippen LogP contribution in [-0.2, 0) is 41.6 Å². The summed E-state index contributed by atoms with van der Waals surface area (Å²) in [6.45, 7) is 7.73. The molecule has 0 saturated heterocycles. The molecule has 0 saturated carbocycles. The Morgan fingerprint density at radius 2 is 1.77 bits per heavy atom. The van der Waals surface area contributed by atoms with Crippen LogP contribution < -0.4 is 15.1 Å². The first-order valence-electron chi connectivity index (χ1n) is 17.1. The molecule has 6 rings (SSSR count). The Balaban J connectivity index is 1.54. The summed E-state index contributed by atoms with van der Waals surface area (Å²) in [6, 6.07) is 8.32. The number of halogens is 4. The fraction of sp³-hybridized carbons (Fsp3) is 0.378. The summed E-state index contributed by atoms with van der Waals surface area (Å²) in [5, 5.41) is 17.2. The van der Waals surface area contributed by atoms with Gasteiger partial charge in [0.05, 0.1) is 33.8 Å². The number of para-hydroxylation sites is 1. The number of nitrogens with zero attached hydrogens (tertiary/aromatic N) is 6. The van der Waals surface area contributed by atoms with E-state index in [1.54, 1.807) is 29.1 Å². The molecular weight excluding hydrogens is 680 g/mol. The summed E-state index contributed by atoms with van der Waals surface area (Å²) in [6.07, 6.45) is 0.413. The maximum absolute atomic E-state index is 17.1. The minimum atomic E-state index is -4.58. The van der Waals surface area contributed by atoms with E-state index in [4.69, 9.17) is 10.2 Å². The summed E-state index contributed by atoms with van der Waals surface area (Å²) >= 11 is 0. The van der Waals surface area contributed by atoms with Crippen LogP contribution in [0, 0.1) is 11.7 Å². The molecule has 0 radical (unpaired) electrons. The Morgan fingerprint density at radius 1 is 1.10 bits per heavy atom. The van der Waals surface area contributed by atoms with E-state index in [0.29, 0.717) is 53.7 Å². The van der Waals surface area contributed by atoms with Crippen molar-refractivity contribution in [1.29, 1.82) is 0 Å². The molecule has 0 spiro atoms. The van der Waals surface area contributed by atoms with Gasteiger partial charge in [-0.2, -0.15) is 18.3 Å². The van der Waals surface area contributed by atoms with Crippen LogP contribution in [-0.4, -0.2) is 67.9 Å². The van der Waals surface area contributed by atoms with Crippen molar-refractivity contribution in [3.05, 3.63) is 82.7 Å². The number of carbonyl (C=O) groups excluding carboxylic acids is 1. The van der Waals surface area contributed by atoms with Gasteiger partial charge in [-0.1, -0.05) is 45.9 Å². The minimum Gasteiger partial charge on any atom is -0.480 e. The highest BCUT2D eigenvalue weighted by Gasteiger charge is 2.35. The molecule has 0 bridgehead atoms. The predicted octanol–water partition coefficient (Wildman–Crippen LogP) is 6.32. The molecule has 0 aliphatic carbocycles. The number of carboxylic acid groups (broad SMARTS) is 1. The standard InChI is InChI=1S/C37H40F4N8O3/c1-6-21-9-8-10-22(7-2)33(21)49-34(25-19-48(14-12-27(25)46-49)36-44-16-23(17-45-36)37(39,40)41)30-24-11-13-42-31(24)28(15-26(30)38)47(5)32(20(3)4)35(52)43-18-29(50)51/h8-11,13,15-17,20,32,42H,6-7,12,14,18-19H2,1-5H3,(H,43,52)(H,50,51). The summed E-state index contributed by atoms with van der Waals surface area (Å²) in [7, 11) is 1.67. The molecule has 1 aliphatic heterocycles. The highest BCUT2D eigenvalue weighted by atomic mass is 19.4. The van der Waals surface area contributed by atoms with Gasteiger partial charge in [0.2, 0.25) is 11.9 Å². The van der Waals surface area contributed by atoms with E-state index in [9.17, 15) is 22.8 Å². The van der Waals surface area contributed by atoms with E-state index in [1.807, 2.05) is 50.6 Å². The van der Waals surface area contributed by atoms with Gasteiger partial charge in [0.1, 0.15) is 18.4 Å². The number of aliphatic carboxylic acids is 1. The molecule has 3 aromatic heterocycles. The Hall–Kier alpha value is -5.47. The van der Waals surface area contributed by atoms with Crippen LogP contribution >= 0.6 is 0 Å². The summed E-state index contributed by atoms with van der Waals surface area (Å²) in [4.78, 5) is 39.1. The van der Waals surface area contributed by atoms with E-state index < -0.39 is 42.0 Å². The number of fused-ring (bicyclic) bond motifs is 2. The van der Waals surface area contributed by atoms with Gasteiger partial charge in [-0.3, -0.25) is 9.59 Å². The summed E-state index contributed by atoms with van der Waals surface area (Å²) in [5.74, 6) is -2.42. The van der Waals surface area contributed by atoms with Crippen molar-refractivity contribution in [3.8, 4) is 16.9 Å². The zero-order valence-corrected chi connectivity index (χ0v) is 29.5. The van der Waals surface area contributed by atoms with Crippen LogP contribution in [0.15, 0.2) is 48.9 Å². The van der Waals surface area contributed by atoms with Crippen molar-refractivity contribution in [2.24, 2.45) is 5.92 Å². The lowest BCUT2D eigenvalue weighted by Gasteiger charge is -2.32. The normalized spacial score (nSPS) is 13.8. The monoisotopic (exact) mass is 720 g/mol. The van der Waals surface area contributed by atoms with Gasteiger partial charge in [0.25, 0.3) is 0 Å². The van der Waals surface area contributed by atoms with Crippen molar-refractivity contribution >= 4 is 34.4 Å². The van der Waals surface area contributed by atoms with Crippen molar-refractivity contribution in [1.82, 2.24) is 30.0 Å². The molecule has 1 amide bonds. The summed E-state index contributed by atoms with van der Waals surface area (Å²) in [5.41, 5.74) is 5.04. The average molecular weight is 721 g/mol. The number of alkyl halides is 3. The molecule has 4 heterocycles. The van der Waals surface area contributed by atoms with Gasteiger partial charge >= 0.3 is 12.1 Å². The first kappa shape index (κ1) is 36.3. The largest absolute Gasteiger partial charge is 0.480 e. The number of H-pyrrole nitrogens is 1. The topological polar surface area (TPSA) is 132 Å². The number of likely N-dealkylation sites (N-methyl/N-ethyl adjacent to an activating group) is 1. The van der Waals surface area contributed by atoms with Gasteiger partial charge in [-0.25, -0.2) is 19.0 Å². The van der Waals surface area contributed by atoms with E-state index in [-0.39, 0.29) is 24.0 Å². The number of carboxylic acids is 1. The van der Waals surface area contributed by atoms with Crippen LogP contribution in [0.3, 0.4) is 0 Å². The van der Waals surface area contributed by atoms with E-state index in [0.717, 1.165) is 34.9 Å². The van der Waals surface area contributed by atoms with Crippen LogP contribution in [0.4, 0.5) is 29.2 Å². The van der Waals surface area contributed by atoms with Crippen LogP contribution in [0.1, 0.15) is 55.6 Å². The molecular formula is C37H40F4N8O3. The molecule has 1 unspecified atom stereocenters. The number of benzene rings is 2. The van der Waals surface area contributed by atoms with Crippen LogP contribution in [0.25, 0.3) is 27.8 Å². The molecule has 0 fully saturated rings. The molecule has 2 aromatic carbocycles. The van der Waals surface area contributed by atoms with Gasteiger partial charge in [-0.05, 0) is 36.0 Å². The molecule has 5 aromatic rings. The molecule has 1 aliphatic rings. The molecule has 52 heavy (non-hydrogen) atoms. The number of amides is 1. The number of hydrogen-bond donors (Lipinski definition) is 3. The van der Waals surface area contributed by atoms with E-state index in [1.165, 1.54) is 6.07 Å². The first-order valence-corrected chi connectivity index (χ1v) is 17.1. The van der Waals surface area contributed by atoms with Crippen molar-refractivity contribution in [3.63, 3.8) is 0 Å². The smallest absolute Gasteiger partial charge is 0.419 e. The SMILES string of the molecule is CCc1cccc(CC)c1-n1nc2c(c1-c1c(F)cc(N(C)C(C(=O)NCC(=O)O)C(C)C)c3[nH]ccc13)CN(c1ncc(C(F)(F)F)cn1)CC2. The van der Waals surface area contributed by atoms with Gasteiger partial charge in [-0.15, -0.1) is 0 Å². The molecule has 3 N–H and O–H groups in total. The second kappa shape index (κ2) is 14.3. The number of aromatic amines is 1. The lowest BCUT2D eigenvalue weighted by molar-refractivity contribution is -0.138. The molecule has 1 atom stereocenters. The maximum Gasteiger partial charge on any atom is 0.419 e. The molecule has 274 valence electrons. The van der Waals surface area contributed by atoms with Crippen molar-refractivity contribution in [2.45, 2.75) is 65.7 Å². The quantitative estimate of drug-likeness (QED) is 0.135. The molecule has 15 heteroatoms. The van der Waals surface area contributed by atoms with Crippen molar-refractivity contribution < 1.29 is 32.3 Å². The fourth-order valence-electron chi connectivity index (χ4n) is 7.13. The number of anilines is 2. The van der Waals surface area contributed by atoms with Crippen molar-refractivity contribution in [2.75, 3.05) is 29.9 Å². The average Bonchev–Trinajstić information content (AvgIpc) is 3.74. The predicted molar refractivity (Wildman–Crippen MR) is 189 cm³/mol. The number of aromatic nitrogens is 5. The zero-order valence-electron chi connectivity index (χ0n) is 29.5. The first-order chi connectivity index (χ1) is 24.7. The Bertz CT molecular complexity index is 2100. The molecule has 11 nitrogen and oxygen atoms in total. The number of aryl methyl sites for hydroxylation is 2. The number of hydrogen-bond acceptors (Lipinski definition) is 7. The number of nitrogens with one attached hydrogen (secondary N) is 2. The maximum atomic E-state index is 17.1. The lowest BCUT2D eigenvalue weighted by Crippen LogP contribution is -2.49. The third-order valence-electron chi connectivity index (χ3n) is 9.58. The van der Waals surface area contributed by atoms with E-state index in [2.05, 4.69) is 20.3 Å². The lowest BCUT2D eigenvalue weighted by atomic mass is 9.95. The van der Waals surface area contributed by atoms with Gasteiger partial charge in [0, 0.05) is 67.7 Å². The van der Waals surface area contributed by atoms with Crippen LogP contribution in [0.2, 0.25) is 0 Å². The minimum absolute atomic E-state index is 0.116. The highest BCUT2D eigenvalue weighted by molar-refractivity contribution is 6.03.